The summed E-state index contributed by atoms with van der Waals surface area (Å²) in [4.78, 5) is 0. The molecule has 0 saturated heterocycles. The Bertz CT molecular complexity index is 290. The van der Waals surface area contributed by atoms with Crippen LogP contribution in [0, 0.1) is 0 Å². The second kappa shape index (κ2) is 4.69. The third kappa shape index (κ3) is 4.54. The fourth-order valence-corrected chi connectivity index (χ4v) is 0.925. The Kier molecular flexibility index (Phi) is 3.56. The van der Waals surface area contributed by atoms with Crippen LogP contribution in [-0.2, 0) is 0 Å². The van der Waals surface area contributed by atoms with Gasteiger partial charge in [-0.05, 0) is 12.1 Å². The van der Waals surface area contributed by atoms with Gasteiger partial charge in [0.25, 0.3) is 0 Å². The molecule has 0 spiro atoms. The van der Waals surface area contributed by atoms with Crippen molar-refractivity contribution in [3.05, 3.63) is 42.5 Å². The number of halogens is 3. The Balaban J connectivity index is 2.33. The summed E-state index contributed by atoms with van der Waals surface area (Å²) in [6.07, 6.45) is -2.95. The van der Waals surface area contributed by atoms with E-state index in [0.717, 1.165) is 11.8 Å². The van der Waals surface area contributed by atoms with Gasteiger partial charge in [-0.3, -0.25) is 0 Å². The molecule has 0 heterocycles. The monoisotopic (exact) mass is 201 g/mol. The number of hydrogen-bond donors (Lipinski definition) is 1. The average molecular weight is 201 g/mol. The highest BCUT2D eigenvalue weighted by Crippen LogP contribution is 2.15. The summed E-state index contributed by atoms with van der Waals surface area (Å²) < 4.78 is 35.0. The first kappa shape index (κ1) is 10.6. The third-order valence-corrected chi connectivity index (χ3v) is 1.50. The van der Waals surface area contributed by atoms with Gasteiger partial charge in [-0.2, -0.15) is 13.2 Å². The van der Waals surface area contributed by atoms with Crippen LogP contribution < -0.4 is 5.32 Å². The molecular formula is C10H10F3N. The van der Waals surface area contributed by atoms with Crippen LogP contribution in [0.1, 0.15) is 0 Å². The van der Waals surface area contributed by atoms with Crippen LogP contribution in [0.3, 0.4) is 0 Å². The number of nitrogens with one attached hydrogen (secondary N) is 1. The van der Waals surface area contributed by atoms with Crippen LogP contribution in [0.5, 0.6) is 0 Å². The minimum atomic E-state index is -4.22. The van der Waals surface area contributed by atoms with Crippen LogP contribution >= 0.6 is 0 Å². The Morgan fingerprint density at radius 1 is 1.14 bits per heavy atom. The maximum atomic E-state index is 11.7. The maximum Gasteiger partial charge on any atom is 0.409 e. The number of alkyl halides is 3. The van der Waals surface area contributed by atoms with E-state index in [1.807, 2.05) is 18.2 Å². The van der Waals surface area contributed by atoms with Gasteiger partial charge in [-0.25, -0.2) is 0 Å². The lowest BCUT2D eigenvalue weighted by Crippen LogP contribution is -2.04. The summed E-state index contributed by atoms with van der Waals surface area (Å²) in [5.74, 6) is 0. The van der Waals surface area contributed by atoms with Crippen molar-refractivity contribution in [3.8, 4) is 0 Å². The van der Waals surface area contributed by atoms with Crippen LogP contribution in [-0.4, -0.2) is 12.7 Å². The topological polar surface area (TPSA) is 12.0 Å². The summed E-state index contributed by atoms with van der Waals surface area (Å²) >= 11 is 0. The van der Waals surface area contributed by atoms with Gasteiger partial charge in [0.2, 0.25) is 0 Å². The summed E-state index contributed by atoms with van der Waals surface area (Å²) in [5, 5.41) is 2.83. The predicted molar refractivity (Wildman–Crippen MR) is 50.1 cm³/mol. The summed E-state index contributed by atoms with van der Waals surface area (Å²) in [6.45, 7) is 0.170. The third-order valence-electron chi connectivity index (χ3n) is 1.50. The molecule has 0 unspecified atom stereocenters. The van der Waals surface area contributed by atoms with Gasteiger partial charge < -0.3 is 5.32 Å². The van der Waals surface area contributed by atoms with Crippen molar-refractivity contribution < 1.29 is 13.2 Å². The highest BCUT2D eigenvalue weighted by Gasteiger charge is 2.21. The molecule has 1 nitrogen and oxygen atoms in total. The molecule has 0 amide bonds. The van der Waals surface area contributed by atoms with E-state index in [2.05, 4.69) is 5.32 Å². The first-order valence-corrected chi connectivity index (χ1v) is 4.11. The Morgan fingerprint density at radius 2 is 1.79 bits per heavy atom. The molecule has 1 aromatic rings. The van der Waals surface area contributed by atoms with Gasteiger partial charge in [-0.15, -0.1) is 0 Å². The Labute approximate surface area is 80.2 Å². The van der Waals surface area contributed by atoms with E-state index in [4.69, 9.17) is 0 Å². The molecule has 1 aromatic carbocycles. The molecule has 1 N–H and O–H groups in total. The van der Waals surface area contributed by atoms with Gasteiger partial charge in [0.05, 0.1) is 0 Å². The van der Waals surface area contributed by atoms with Crippen molar-refractivity contribution in [2.45, 2.75) is 6.18 Å². The van der Waals surface area contributed by atoms with E-state index in [9.17, 15) is 13.2 Å². The average Bonchev–Trinajstić information content (AvgIpc) is 2.13. The van der Waals surface area contributed by atoms with Crippen molar-refractivity contribution in [2.24, 2.45) is 0 Å². The van der Waals surface area contributed by atoms with Crippen molar-refractivity contribution >= 4 is 5.69 Å². The number of anilines is 1. The van der Waals surface area contributed by atoms with E-state index < -0.39 is 6.18 Å². The molecule has 0 bridgehead atoms. The fourth-order valence-electron chi connectivity index (χ4n) is 0.925. The second-order valence-electron chi connectivity index (χ2n) is 2.69. The van der Waals surface area contributed by atoms with Gasteiger partial charge in [0.15, 0.2) is 0 Å². The number of rotatable bonds is 3. The number of benzene rings is 1. The van der Waals surface area contributed by atoms with Crippen molar-refractivity contribution in [2.75, 3.05) is 11.9 Å². The molecule has 76 valence electrons. The standard InChI is InChI=1S/C10H10F3N/c11-10(12,13)7-4-8-14-9-5-2-1-3-6-9/h1-7,14H,8H2/b7-4+. The smallest absolute Gasteiger partial charge is 0.382 e. The van der Waals surface area contributed by atoms with Gasteiger partial charge >= 0.3 is 6.18 Å². The fraction of sp³-hybridized carbons (Fsp3) is 0.200. The Hall–Kier alpha value is -1.45. The van der Waals surface area contributed by atoms with Gasteiger partial charge in [0, 0.05) is 18.3 Å². The minimum absolute atomic E-state index is 0.170. The number of allylic oxidation sites excluding steroid dienone is 1. The van der Waals surface area contributed by atoms with Gasteiger partial charge in [-0.1, -0.05) is 24.3 Å². The lowest BCUT2D eigenvalue weighted by Gasteiger charge is -2.02. The van der Waals surface area contributed by atoms with Crippen LogP contribution in [0.25, 0.3) is 0 Å². The molecule has 0 atom stereocenters. The molecule has 0 radical (unpaired) electrons. The molecule has 0 aliphatic heterocycles. The molecule has 0 saturated carbocycles. The van der Waals surface area contributed by atoms with E-state index in [1.165, 1.54) is 0 Å². The number of hydrogen-bond acceptors (Lipinski definition) is 1. The molecular weight excluding hydrogens is 191 g/mol. The second-order valence-corrected chi connectivity index (χ2v) is 2.69. The zero-order chi connectivity index (χ0) is 10.4. The summed E-state index contributed by atoms with van der Waals surface area (Å²) in [5.41, 5.74) is 0.805. The van der Waals surface area contributed by atoms with Crippen LogP contribution in [0.4, 0.5) is 18.9 Å². The van der Waals surface area contributed by atoms with E-state index in [0.29, 0.717) is 0 Å². The molecule has 0 aromatic heterocycles. The highest BCUT2D eigenvalue weighted by atomic mass is 19.4. The van der Waals surface area contributed by atoms with Gasteiger partial charge in [0.1, 0.15) is 0 Å². The largest absolute Gasteiger partial charge is 0.409 e. The first-order chi connectivity index (χ1) is 6.58. The highest BCUT2D eigenvalue weighted by molar-refractivity contribution is 5.42. The molecule has 0 aliphatic rings. The molecule has 1 rings (SSSR count). The van der Waals surface area contributed by atoms with Crippen molar-refractivity contribution in [3.63, 3.8) is 0 Å². The zero-order valence-corrected chi connectivity index (χ0v) is 7.38. The van der Waals surface area contributed by atoms with E-state index >= 15 is 0 Å². The van der Waals surface area contributed by atoms with E-state index in [1.54, 1.807) is 12.1 Å². The van der Waals surface area contributed by atoms with Crippen molar-refractivity contribution in [1.29, 1.82) is 0 Å². The summed E-state index contributed by atoms with van der Waals surface area (Å²) in [7, 11) is 0. The minimum Gasteiger partial charge on any atom is -0.382 e. The zero-order valence-electron chi connectivity index (χ0n) is 7.38. The quantitative estimate of drug-likeness (QED) is 0.740. The summed E-state index contributed by atoms with van der Waals surface area (Å²) in [6, 6.07) is 9.06. The SMILES string of the molecule is FC(F)(F)/C=C/CNc1ccccc1. The molecule has 0 aliphatic carbocycles. The maximum absolute atomic E-state index is 11.7. The molecule has 14 heavy (non-hydrogen) atoms. The van der Waals surface area contributed by atoms with Crippen molar-refractivity contribution in [1.82, 2.24) is 0 Å². The van der Waals surface area contributed by atoms with Crippen LogP contribution in [0.15, 0.2) is 42.5 Å². The Morgan fingerprint density at radius 3 is 2.36 bits per heavy atom. The van der Waals surface area contributed by atoms with Crippen LogP contribution in [0.2, 0.25) is 0 Å². The number of para-hydroxylation sites is 1. The normalized spacial score (nSPS) is 11.9. The lowest BCUT2D eigenvalue weighted by molar-refractivity contribution is -0.0799. The lowest BCUT2D eigenvalue weighted by atomic mass is 10.3. The molecule has 0 fully saturated rings. The predicted octanol–water partition coefficient (Wildman–Crippen LogP) is 3.22. The van der Waals surface area contributed by atoms with E-state index in [-0.39, 0.29) is 12.6 Å². The molecule has 4 heteroatoms. The first-order valence-electron chi connectivity index (χ1n) is 4.11.